The highest BCUT2D eigenvalue weighted by molar-refractivity contribution is 6.32. The summed E-state index contributed by atoms with van der Waals surface area (Å²) < 4.78 is 4.90. The van der Waals surface area contributed by atoms with Crippen LogP contribution in [0.2, 0.25) is 0 Å². The van der Waals surface area contributed by atoms with Crippen LogP contribution in [0.5, 0.6) is 0 Å². The molecule has 10 heavy (non-hydrogen) atoms. The lowest BCUT2D eigenvalue weighted by Crippen LogP contribution is -2.31. The molecule has 0 atom stereocenters. The summed E-state index contributed by atoms with van der Waals surface area (Å²) in [5, 5.41) is 0. The predicted octanol–water partition coefficient (Wildman–Crippen LogP) is -0.575. The maximum Gasteiger partial charge on any atom is 0.117 e. The molecule has 1 aliphatic heterocycles. The fraction of sp³-hybridized carbons (Fsp3) is 0.500. The molecule has 0 unspecified atom stereocenters. The maximum absolute atomic E-state index is 5.35. The number of hydrogen-bond donors (Lipinski definition) is 1. The lowest BCUT2D eigenvalue weighted by atomic mass is 9.98. The van der Waals surface area contributed by atoms with Gasteiger partial charge in [-0.1, -0.05) is 5.47 Å². The number of hydrogen-bond acceptors (Lipinski definition) is 3. The number of rotatable bonds is 2. The Bertz CT molecular complexity index is 163. The molecule has 0 aromatic rings. The second-order valence-electron chi connectivity index (χ2n) is 2.14. The molecule has 2 N–H and O–H groups in total. The standard InChI is InChI=1S/C6H9BN2O/c7-5(1-8)2-9-6-3-10-4-6/h1-2,6H,3-4,8H2. The molecule has 1 aliphatic rings. The first-order valence-electron chi connectivity index (χ1n) is 3.11. The quantitative estimate of drug-likeness (QED) is 0.408. The molecule has 1 saturated heterocycles. The van der Waals surface area contributed by atoms with Gasteiger partial charge < -0.3 is 10.5 Å². The van der Waals surface area contributed by atoms with Gasteiger partial charge in [-0.05, 0) is 6.20 Å². The van der Waals surface area contributed by atoms with Crippen molar-refractivity contribution in [3.8, 4) is 0 Å². The van der Waals surface area contributed by atoms with E-state index in [0.717, 1.165) is 0 Å². The Labute approximate surface area is 61.4 Å². The van der Waals surface area contributed by atoms with Crippen molar-refractivity contribution in [3.05, 3.63) is 11.7 Å². The number of aliphatic imine (C=N–C) groups is 1. The normalized spacial score (nSPS) is 21.4. The Morgan fingerprint density at radius 1 is 1.70 bits per heavy atom. The summed E-state index contributed by atoms with van der Waals surface area (Å²) in [6, 6.07) is 0.290. The van der Waals surface area contributed by atoms with E-state index < -0.39 is 0 Å². The first kappa shape index (κ1) is 7.34. The van der Waals surface area contributed by atoms with Crippen molar-refractivity contribution in [1.82, 2.24) is 0 Å². The van der Waals surface area contributed by atoms with E-state index in [0.29, 0.717) is 24.7 Å². The van der Waals surface area contributed by atoms with Crippen LogP contribution >= 0.6 is 0 Å². The summed E-state index contributed by atoms with van der Waals surface area (Å²) >= 11 is 0. The third-order valence-electron chi connectivity index (χ3n) is 1.25. The molecule has 0 spiro atoms. The molecule has 0 aromatic heterocycles. The van der Waals surface area contributed by atoms with Crippen LogP contribution in [0.15, 0.2) is 16.7 Å². The molecule has 3 nitrogen and oxygen atoms in total. The van der Waals surface area contributed by atoms with E-state index in [1.165, 1.54) is 6.20 Å². The Morgan fingerprint density at radius 2 is 2.40 bits per heavy atom. The van der Waals surface area contributed by atoms with Crippen LogP contribution in [-0.4, -0.2) is 33.3 Å². The maximum atomic E-state index is 5.35. The first-order chi connectivity index (χ1) is 4.83. The monoisotopic (exact) mass is 136 g/mol. The van der Waals surface area contributed by atoms with Crippen molar-refractivity contribution in [3.63, 3.8) is 0 Å². The average molecular weight is 136 g/mol. The fourth-order valence-electron chi connectivity index (χ4n) is 0.544. The second-order valence-corrected chi connectivity index (χ2v) is 2.14. The zero-order valence-corrected chi connectivity index (χ0v) is 5.66. The van der Waals surface area contributed by atoms with Gasteiger partial charge in [-0.15, -0.1) is 0 Å². The molecule has 4 heteroatoms. The Morgan fingerprint density at radius 3 is 2.80 bits per heavy atom. The van der Waals surface area contributed by atoms with Gasteiger partial charge in [0.15, 0.2) is 0 Å². The van der Waals surface area contributed by atoms with Crippen molar-refractivity contribution in [2.45, 2.75) is 6.04 Å². The van der Waals surface area contributed by atoms with Gasteiger partial charge in [0.1, 0.15) is 7.85 Å². The van der Waals surface area contributed by atoms with Crippen molar-refractivity contribution >= 4 is 14.1 Å². The first-order valence-corrected chi connectivity index (χ1v) is 3.11. The number of nitrogens with zero attached hydrogens (tertiary/aromatic N) is 1. The van der Waals surface area contributed by atoms with E-state index in [-0.39, 0.29) is 0 Å². The highest BCUT2D eigenvalue weighted by Gasteiger charge is 2.15. The van der Waals surface area contributed by atoms with E-state index in [4.69, 9.17) is 18.3 Å². The molecule has 0 aromatic carbocycles. The third-order valence-corrected chi connectivity index (χ3v) is 1.25. The summed E-state index contributed by atoms with van der Waals surface area (Å²) in [7, 11) is 5.35. The highest BCUT2D eigenvalue weighted by atomic mass is 16.5. The molecule has 0 aliphatic carbocycles. The lowest BCUT2D eigenvalue weighted by molar-refractivity contribution is 0.0135. The minimum absolute atomic E-state index is 0.290. The van der Waals surface area contributed by atoms with Crippen LogP contribution in [0.4, 0.5) is 0 Å². The zero-order chi connectivity index (χ0) is 7.40. The van der Waals surface area contributed by atoms with E-state index in [9.17, 15) is 0 Å². The van der Waals surface area contributed by atoms with Crippen molar-refractivity contribution < 1.29 is 4.74 Å². The van der Waals surface area contributed by atoms with Gasteiger partial charge in [-0.3, -0.25) is 4.99 Å². The van der Waals surface area contributed by atoms with Crippen molar-refractivity contribution in [2.75, 3.05) is 13.2 Å². The Kier molecular flexibility index (Phi) is 2.51. The summed E-state index contributed by atoms with van der Waals surface area (Å²) in [5.74, 6) is 0. The molecule has 0 bridgehead atoms. The molecule has 1 rings (SSSR count). The summed E-state index contributed by atoms with van der Waals surface area (Å²) in [5.41, 5.74) is 5.60. The van der Waals surface area contributed by atoms with Crippen molar-refractivity contribution in [1.29, 1.82) is 0 Å². The van der Waals surface area contributed by atoms with E-state index >= 15 is 0 Å². The van der Waals surface area contributed by atoms with Crippen LogP contribution in [0.3, 0.4) is 0 Å². The van der Waals surface area contributed by atoms with Gasteiger partial charge in [0.05, 0.1) is 19.3 Å². The molecule has 2 radical (unpaired) electrons. The Hall–Kier alpha value is -0.765. The molecular weight excluding hydrogens is 127 g/mol. The molecule has 1 heterocycles. The SMILES string of the molecule is [B]C(C=NC1COC1)=CN. The average Bonchev–Trinajstić information content (AvgIpc) is 1.84. The van der Waals surface area contributed by atoms with Gasteiger partial charge in [0.2, 0.25) is 0 Å². The summed E-state index contributed by atoms with van der Waals surface area (Å²) in [6.45, 7) is 1.41. The molecule has 0 saturated carbocycles. The van der Waals surface area contributed by atoms with E-state index in [2.05, 4.69) is 4.99 Å². The van der Waals surface area contributed by atoms with Gasteiger partial charge in [-0.2, -0.15) is 0 Å². The van der Waals surface area contributed by atoms with Crippen LogP contribution in [0.1, 0.15) is 0 Å². The van der Waals surface area contributed by atoms with Gasteiger partial charge >= 0.3 is 0 Å². The molecule has 0 amide bonds. The van der Waals surface area contributed by atoms with Gasteiger partial charge in [-0.25, -0.2) is 0 Å². The molecular formula is C6H9BN2O. The Balaban J connectivity index is 2.27. The van der Waals surface area contributed by atoms with Gasteiger partial charge in [0.25, 0.3) is 0 Å². The minimum atomic E-state index is 0.290. The van der Waals surface area contributed by atoms with Crippen LogP contribution in [-0.2, 0) is 4.74 Å². The number of allylic oxidation sites excluding steroid dienone is 1. The zero-order valence-electron chi connectivity index (χ0n) is 5.66. The number of ether oxygens (including phenoxy) is 1. The topological polar surface area (TPSA) is 47.6 Å². The van der Waals surface area contributed by atoms with E-state index in [1.54, 1.807) is 6.21 Å². The number of nitrogens with two attached hydrogens (primary N) is 1. The van der Waals surface area contributed by atoms with Crippen LogP contribution in [0, 0.1) is 0 Å². The highest BCUT2D eigenvalue weighted by Crippen LogP contribution is 2.03. The largest absolute Gasteiger partial charge is 0.405 e. The fourth-order valence-corrected chi connectivity index (χ4v) is 0.544. The predicted molar refractivity (Wildman–Crippen MR) is 41.1 cm³/mol. The smallest absolute Gasteiger partial charge is 0.117 e. The van der Waals surface area contributed by atoms with Gasteiger partial charge in [0, 0.05) is 6.21 Å². The second kappa shape index (κ2) is 3.41. The van der Waals surface area contributed by atoms with Crippen molar-refractivity contribution in [2.24, 2.45) is 10.7 Å². The third kappa shape index (κ3) is 1.88. The summed E-state index contributed by atoms with van der Waals surface area (Å²) in [6.07, 6.45) is 2.89. The van der Waals surface area contributed by atoms with Crippen LogP contribution < -0.4 is 5.73 Å². The molecule has 1 fully saturated rings. The summed E-state index contributed by atoms with van der Waals surface area (Å²) in [4.78, 5) is 4.08. The van der Waals surface area contributed by atoms with Crippen LogP contribution in [0.25, 0.3) is 0 Å². The lowest BCUT2D eigenvalue weighted by Gasteiger charge is -2.21. The molecule has 52 valence electrons. The minimum Gasteiger partial charge on any atom is -0.405 e. The van der Waals surface area contributed by atoms with E-state index in [1.807, 2.05) is 0 Å².